The fourth-order valence-electron chi connectivity index (χ4n) is 3.34. The third-order valence-corrected chi connectivity index (χ3v) is 7.01. The Balaban J connectivity index is 1.89. The van der Waals surface area contributed by atoms with Crippen molar-refractivity contribution in [3.05, 3.63) is 53.6 Å². The maximum atomic E-state index is 12.9. The zero-order valence-corrected chi connectivity index (χ0v) is 18.2. The Morgan fingerprint density at radius 1 is 1.07 bits per heavy atom. The van der Waals surface area contributed by atoms with Crippen molar-refractivity contribution in [2.45, 2.75) is 43.9 Å². The molecule has 2 aromatic carbocycles. The smallest absolute Gasteiger partial charge is 0.255 e. The Bertz CT molecular complexity index is 1000. The molecule has 0 spiro atoms. The maximum absolute atomic E-state index is 12.9. The molecule has 7 heteroatoms. The first-order valence-electron chi connectivity index (χ1n) is 9.73. The summed E-state index contributed by atoms with van der Waals surface area (Å²) >= 11 is 0. The predicted molar refractivity (Wildman–Crippen MR) is 114 cm³/mol. The van der Waals surface area contributed by atoms with E-state index in [1.165, 1.54) is 16.4 Å². The van der Waals surface area contributed by atoms with Gasteiger partial charge in [0.1, 0.15) is 5.75 Å². The van der Waals surface area contributed by atoms with Gasteiger partial charge in [0.15, 0.2) is 0 Å². The highest BCUT2D eigenvalue weighted by Gasteiger charge is 2.27. The van der Waals surface area contributed by atoms with Crippen molar-refractivity contribution in [3.8, 4) is 5.75 Å². The molecule has 6 nitrogen and oxygen atoms in total. The molecule has 0 aromatic heterocycles. The first-order chi connectivity index (χ1) is 13.6. The molecule has 0 radical (unpaired) electrons. The fourth-order valence-corrected chi connectivity index (χ4v) is 4.91. The Morgan fingerprint density at radius 2 is 1.76 bits per heavy atom. The van der Waals surface area contributed by atoms with Gasteiger partial charge in [0.2, 0.25) is 10.0 Å². The molecular weight excluding hydrogens is 388 g/mol. The van der Waals surface area contributed by atoms with E-state index in [1.807, 2.05) is 18.2 Å². The van der Waals surface area contributed by atoms with Crippen LogP contribution in [0.4, 0.5) is 5.69 Å². The Hall–Kier alpha value is -2.38. The van der Waals surface area contributed by atoms with Crippen molar-refractivity contribution in [2.24, 2.45) is 0 Å². The van der Waals surface area contributed by atoms with E-state index < -0.39 is 10.0 Å². The molecule has 0 saturated carbocycles. The van der Waals surface area contributed by atoms with Gasteiger partial charge in [0.05, 0.1) is 17.7 Å². The molecule has 1 heterocycles. The van der Waals surface area contributed by atoms with Gasteiger partial charge in [-0.15, -0.1) is 0 Å². The zero-order chi connectivity index (χ0) is 21.2. The van der Waals surface area contributed by atoms with E-state index in [0.29, 0.717) is 24.5 Å². The van der Waals surface area contributed by atoms with Gasteiger partial charge < -0.3 is 10.1 Å². The van der Waals surface area contributed by atoms with Gasteiger partial charge in [-0.25, -0.2) is 8.42 Å². The first-order valence-corrected chi connectivity index (χ1v) is 11.2. The number of amides is 1. The number of methoxy groups -OCH3 is 1. The summed E-state index contributed by atoms with van der Waals surface area (Å²) in [5.74, 6) is 0.167. The van der Waals surface area contributed by atoms with Gasteiger partial charge in [-0.3, -0.25) is 4.79 Å². The lowest BCUT2D eigenvalue weighted by Gasteiger charge is -2.21. The van der Waals surface area contributed by atoms with E-state index in [9.17, 15) is 13.2 Å². The number of rotatable bonds is 5. The van der Waals surface area contributed by atoms with Crippen molar-refractivity contribution in [1.29, 1.82) is 0 Å². The van der Waals surface area contributed by atoms with Crippen LogP contribution in [0.15, 0.2) is 47.4 Å². The lowest BCUT2D eigenvalue weighted by atomic mass is 9.87. The van der Waals surface area contributed by atoms with Crippen molar-refractivity contribution < 1.29 is 17.9 Å². The van der Waals surface area contributed by atoms with Gasteiger partial charge in [-0.1, -0.05) is 32.9 Å². The summed E-state index contributed by atoms with van der Waals surface area (Å²) in [5, 5.41) is 2.87. The van der Waals surface area contributed by atoms with Crippen LogP contribution in [0.3, 0.4) is 0 Å². The minimum atomic E-state index is -3.58. The Morgan fingerprint density at radius 3 is 2.38 bits per heavy atom. The largest absolute Gasteiger partial charge is 0.495 e. The van der Waals surface area contributed by atoms with E-state index in [4.69, 9.17) is 4.74 Å². The highest BCUT2D eigenvalue weighted by Crippen LogP contribution is 2.32. The summed E-state index contributed by atoms with van der Waals surface area (Å²) in [6, 6.07) is 11.9. The van der Waals surface area contributed by atoms with Gasteiger partial charge in [-0.05, 0) is 54.2 Å². The fraction of sp³-hybridized carbons (Fsp3) is 0.409. The van der Waals surface area contributed by atoms with E-state index in [0.717, 1.165) is 18.4 Å². The quantitative estimate of drug-likeness (QED) is 0.798. The first kappa shape index (κ1) is 21.3. The molecule has 0 atom stereocenters. The van der Waals surface area contributed by atoms with Gasteiger partial charge in [0, 0.05) is 18.7 Å². The molecular formula is C22H28N2O4S. The third-order valence-electron chi connectivity index (χ3n) is 5.11. The van der Waals surface area contributed by atoms with Crippen LogP contribution in [0.2, 0.25) is 0 Å². The van der Waals surface area contributed by atoms with Gasteiger partial charge in [-0.2, -0.15) is 4.31 Å². The standard InChI is InChI=1S/C22H28N2O4S/c1-22(2,3)17-10-11-20(28-4)19(15-17)23-21(25)16-8-7-9-18(14-16)29(26,27)24-12-5-6-13-24/h7-11,14-15H,5-6,12-13H2,1-4H3,(H,23,25). The summed E-state index contributed by atoms with van der Waals surface area (Å²) in [5.41, 5.74) is 1.81. The Kier molecular flexibility index (Phi) is 6.00. The van der Waals surface area contributed by atoms with Gasteiger partial charge >= 0.3 is 0 Å². The van der Waals surface area contributed by atoms with Crippen LogP contribution in [0, 0.1) is 0 Å². The van der Waals surface area contributed by atoms with Crippen LogP contribution in [0.5, 0.6) is 5.75 Å². The number of nitrogens with zero attached hydrogens (tertiary/aromatic N) is 1. The van der Waals surface area contributed by atoms with Crippen LogP contribution in [-0.4, -0.2) is 38.8 Å². The summed E-state index contributed by atoms with van der Waals surface area (Å²) in [6.07, 6.45) is 1.73. The highest BCUT2D eigenvalue weighted by molar-refractivity contribution is 7.89. The molecule has 0 unspecified atom stereocenters. The number of hydrogen-bond donors (Lipinski definition) is 1. The summed E-state index contributed by atoms with van der Waals surface area (Å²) < 4.78 is 32.4. The molecule has 2 aromatic rings. The molecule has 0 aliphatic carbocycles. The normalized spacial score (nSPS) is 15.3. The molecule has 1 aliphatic heterocycles. The van der Waals surface area contributed by atoms with Crippen molar-refractivity contribution in [1.82, 2.24) is 4.31 Å². The number of ether oxygens (including phenoxy) is 1. The average molecular weight is 417 g/mol. The molecule has 1 amide bonds. The molecule has 0 bridgehead atoms. The number of nitrogens with one attached hydrogen (secondary N) is 1. The van der Waals surface area contributed by atoms with Crippen molar-refractivity contribution in [2.75, 3.05) is 25.5 Å². The molecule has 1 fully saturated rings. The number of hydrogen-bond acceptors (Lipinski definition) is 4. The monoisotopic (exact) mass is 416 g/mol. The second-order valence-corrected chi connectivity index (χ2v) is 10.2. The number of benzene rings is 2. The minimum absolute atomic E-state index is 0.0878. The SMILES string of the molecule is COc1ccc(C(C)(C)C)cc1NC(=O)c1cccc(S(=O)(=O)N2CCCC2)c1. The highest BCUT2D eigenvalue weighted by atomic mass is 32.2. The second kappa shape index (κ2) is 8.16. The average Bonchev–Trinajstić information content (AvgIpc) is 3.23. The van der Waals surface area contributed by atoms with Crippen LogP contribution < -0.4 is 10.1 Å². The predicted octanol–water partition coefficient (Wildman–Crippen LogP) is 4.03. The van der Waals surface area contributed by atoms with Crippen molar-refractivity contribution >= 4 is 21.6 Å². The van der Waals surface area contributed by atoms with E-state index in [-0.39, 0.29) is 21.8 Å². The zero-order valence-electron chi connectivity index (χ0n) is 17.4. The van der Waals surface area contributed by atoms with Crippen LogP contribution in [0.1, 0.15) is 49.5 Å². The molecule has 29 heavy (non-hydrogen) atoms. The number of carbonyl (C=O) groups excluding carboxylic acids is 1. The number of anilines is 1. The topological polar surface area (TPSA) is 75.7 Å². The Labute approximate surface area is 172 Å². The molecule has 1 saturated heterocycles. The molecule has 3 rings (SSSR count). The minimum Gasteiger partial charge on any atom is -0.495 e. The number of sulfonamides is 1. The third kappa shape index (κ3) is 4.62. The van der Waals surface area contributed by atoms with Crippen LogP contribution in [-0.2, 0) is 15.4 Å². The molecule has 1 N–H and O–H groups in total. The summed E-state index contributed by atoms with van der Waals surface area (Å²) in [4.78, 5) is 13.0. The van der Waals surface area contributed by atoms with Crippen LogP contribution >= 0.6 is 0 Å². The molecule has 156 valence electrons. The summed E-state index contributed by atoms with van der Waals surface area (Å²) in [7, 11) is -2.03. The maximum Gasteiger partial charge on any atom is 0.255 e. The van der Waals surface area contributed by atoms with Gasteiger partial charge in [0.25, 0.3) is 5.91 Å². The summed E-state index contributed by atoms with van der Waals surface area (Å²) in [6.45, 7) is 7.32. The molecule has 1 aliphatic rings. The lowest BCUT2D eigenvalue weighted by molar-refractivity contribution is 0.102. The van der Waals surface area contributed by atoms with E-state index in [2.05, 4.69) is 26.1 Å². The van der Waals surface area contributed by atoms with Crippen LogP contribution in [0.25, 0.3) is 0 Å². The second-order valence-electron chi connectivity index (χ2n) is 8.26. The van der Waals surface area contributed by atoms with E-state index in [1.54, 1.807) is 19.2 Å². The number of carbonyl (C=O) groups is 1. The lowest BCUT2D eigenvalue weighted by Crippen LogP contribution is -2.28. The van der Waals surface area contributed by atoms with E-state index >= 15 is 0 Å². The van der Waals surface area contributed by atoms with Crippen molar-refractivity contribution in [3.63, 3.8) is 0 Å².